The number of carbonyl (C=O) groups is 3. The zero-order chi connectivity index (χ0) is 15.1. The van der Waals surface area contributed by atoms with Crippen molar-refractivity contribution in [2.75, 3.05) is 0 Å². The van der Waals surface area contributed by atoms with Crippen LogP contribution >= 0.6 is 11.6 Å². The normalized spacial score (nSPS) is 29.1. The van der Waals surface area contributed by atoms with Gasteiger partial charge in [0.1, 0.15) is 5.92 Å². The molecule has 6 heteroatoms. The molecule has 1 unspecified atom stereocenters. The summed E-state index contributed by atoms with van der Waals surface area (Å²) in [5.41, 5.74) is 0.437. The van der Waals surface area contributed by atoms with Gasteiger partial charge >= 0.3 is 6.03 Å². The van der Waals surface area contributed by atoms with Crippen LogP contribution in [0.25, 0.3) is 0 Å². The van der Waals surface area contributed by atoms with Crippen molar-refractivity contribution in [3.8, 4) is 0 Å². The second-order valence-corrected chi connectivity index (χ2v) is 6.09. The Hall–Kier alpha value is -1.88. The molecule has 1 aromatic carbocycles. The molecule has 2 fully saturated rings. The summed E-state index contributed by atoms with van der Waals surface area (Å²) in [4.78, 5) is 37.8. The quantitative estimate of drug-likeness (QED) is 0.853. The third-order valence-electron chi connectivity index (χ3n) is 4.13. The van der Waals surface area contributed by atoms with Gasteiger partial charge in [0, 0.05) is 11.1 Å². The highest BCUT2D eigenvalue weighted by Crippen LogP contribution is 2.36. The van der Waals surface area contributed by atoms with Gasteiger partial charge in [-0.2, -0.15) is 0 Å². The van der Waals surface area contributed by atoms with Crippen LogP contribution in [0.2, 0.25) is 5.02 Å². The van der Waals surface area contributed by atoms with Gasteiger partial charge in [-0.3, -0.25) is 19.8 Å². The standard InChI is InChI=1S/C15H15ClN2O3/c1-8-6-9(7-8)18-14(20)12(13(19)17-15(18)21)10-4-2-3-5-11(10)16/h2-5,8-9,12H,6-7H2,1H3,(H,17,19,21). The Labute approximate surface area is 127 Å². The first-order valence-corrected chi connectivity index (χ1v) is 7.29. The largest absolute Gasteiger partial charge is 0.331 e. The Kier molecular flexibility index (Phi) is 3.45. The Bertz CT molecular complexity index is 625. The van der Waals surface area contributed by atoms with Gasteiger partial charge in [-0.05, 0) is 30.4 Å². The highest BCUT2D eigenvalue weighted by atomic mass is 35.5. The molecule has 5 nitrogen and oxygen atoms in total. The van der Waals surface area contributed by atoms with Crippen molar-refractivity contribution >= 4 is 29.4 Å². The molecule has 1 aromatic rings. The summed E-state index contributed by atoms with van der Waals surface area (Å²) in [7, 11) is 0. The maximum absolute atomic E-state index is 12.6. The van der Waals surface area contributed by atoms with Gasteiger partial charge in [0.15, 0.2) is 0 Å². The number of barbiturate groups is 1. The second-order valence-electron chi connectivity index (χ2n) is 5.69. The molecule has 1 saturated heterocycles. The van der Waals surface area contributed by atoms with Crippen molar-refractivity contribution in [3.05, 3.63) is 34.9 Å². The van der Waals surface area contributed by atoms with E-state index in [0.717, 1.165) is 12.8 Å². The first-order valence-electron chi connectivity index (χ1n) is 6.91. The zero-order valence-electron chi connectivity index (χ0n) is 11.5. The minimum Gasteiger partial charge on any atom is -0.277 e. The molecule has 0 aromatic heterocycles. The Morgan fingerprint density at radius 1 is 1.19 bits per heavy atom. The van der Waals surface area contributed by atoms with E-state index in [-0.39, 0.29) is 6.04 Å². The molecule has 0 spiro atoms. The third kappa shape index (κ3) is 2.31. The summed E-state index contributed by atoms with van der Waals surface area (Å²) >= 11 is 6.09. The van der Waals surface area contributed by atoms with Crippen molar-refractivity contribution in [3.63, 3.8) is 0 Å². The number of halogens is 1. The molecule has 110 valence electrons. The van der Waals surface area contributed by atoms with E-state index in [2.05, 4.69) is 12.2 Å². The number of imide groups is 2. The molecule has 1 atom stereocenters. The van der Waals surface area contributed by atoms with Crippen LogP contribution in [0.1, 0.15) is 31.2 Å². The smallest absolute Gasteiger partial charge is 0.277 e. The fourth-order valence-electron chi connectivity index (χ4n) is 2.99. The number of rotatable bonds is 2. The highest BCUT2D eigenvalue weighted by Gasteiger charge is 2.47. The number of hydrogen-bond acceptors (Lipinski definition) is 3. The Balaban J connectivity index is 1.93. The lowest BCUT2D eigenvalue weighted by Crippen LogP contribution is -2.62. The molecule has 1 aliphatic carbocycles. The van der Waals surface area contributed by atoms with Crippen molar-refractivity contribution < 1.29 is 14.4 Å². The number of carbonyl (C=O) groups excluding carboxylic acids is 3. The molecule has 21 heavy (non-hydrogen) atoms. The molecule has 1 heterocycles. The summed E-state index contributed by atoms with van der Waals surface area (Å²) in [6.45, 7) is 2.07. The Morgan fingerprint density at radius 2 is 1.86 bits per heavy atom. The van der Waals surface area contributed by atoms with Gasteiger partial charge in [0.2, 0.25) is 11.8 Å². The van der Waals surface area contributed by atoms with Crippen molar-refractivity contribution in [1.29, 1.82) is 0 Å². The van der Waals surface area contributed by atoms with E-state index in [9.17, 15) is 14.4 Å². The summed E-state index contributed by atoms with van der Waals surface area (Å²) in [6, 6.07) is 5.98. The predicted octanol–water partition coefficient (Wildman–Crippen LogP) is 2.30. The highest BCUT2D eigenvalue weighted by molar-refractivity contribution is 6.32. The van der Waals surface area contributed by atoms with Gasteiger partial charge in [-0.1, -0.05) is 36.7 Å². The molecule has 1 N–H and O–H groups in total. The first kappa shape index (κ1) is 14.1. The lowest BCUT2D eigenvalue weighted by Gasteiger charge is -2.43. The zero-order valence-corrected chi connectivity index (χ0v) is 12.3. The van der Waals surface area contributed by atoms with Crippen LogP contribution < -0.4 is 5.32 Å². The topological polar surface area (TPSA) is 66.5 Å². The van der Waals surface area contributed by atoms with E-state index in [1.165, 1.54) is 4.90 Å². The molecule has 1 aliphatic heterocycles. The minimum absolute atomic E-state index is 0.120. The van der Waals surface area contributed by atoms with Crippen LogP contribution in [-0.4, -0.2) is 28.8 Å². The van der Waals surface area contributed by atoms with E-state index < -0.39 is 23.8 Å². The summed E-state index contributed by atoms with van der Waals surface area (Å²) in [5.74, 6) is -1.64. The van der Waals surface area contributed by atoms with Crippen LogP contribution in [0.5, 0.6) is 0 Å². The fraction of sp³-hybridized carbons (Fsp3) is 0.400. The SMILES string of the molecule is CC1CC(N2C(=O)NC(=O)C(c3ccccc3Cl)C2=O)C1. The van der Waals surface area contributed by atoms with Crippen LogP contribution in [0.15, 0.2) is 24.3 Å². The van der Waals surface area contributed by atoms with E-state index in [4.69, 9.17) is 11.6 Å². The van der Waals surface area contributed by atoms with Crippen molar-refractivity contribution in [1.82, 2.24) is 10.2 Å². The molecular weight excluding hydrogens is 292 g/mol. The van der Waals surface area contributed by atoms with Crippen LogP contribution in [0, 0.1) is 5.92 Å². The number of urea groups is 1. The lowest BCUT2D eigenvalue weighted by atomic mass is 9.80. The molecule has 4 amide bonds. The maximum Gasteiger partial charge on any atom is 0.331 e. The fourth-order valence-corrected chi connectivity index (χ4v) is 3.23. The molecule has 2 aliphatic rings. The Morgan fingerprint density at radius 3 is 2.48 bits per heavy atom. The average molecular weight is 307 g/mol. The van der Waals surface area contributed by atoms with Crippen LogP contribution in [0.3, 0.4) is 0 Å². The molecule has 3 rings (SSSR count). The second kappa shape index (κ2) is 5.15. The average Bonchev–Trinajstić information content (AvgIpc) is 2.38. The van der Waals surface area contributed by atoms with Gasteiger partial charge in [0.25, 0.3) is 0 Å². The monoisotopic (exact) mass is 306 g/mol. The molecular formula is C15H15ClN2O3. The molecule has 1 saturated carbocycles. The van der Waals surface area contributed by atoms with E-state index in [1.807, 2.05) is 0 Å². The summed E-state index contributed by atoms with van der Waals surface area (Å²) < 4.78 is 0. The van der Waals surface area contributed by atoms with Gasteiger partial charge in [-0.25, -0.2) is 4.79 Å². The molecule has 0 bridgehead atoms. The van der Waals surface area contributed by atoms with E-state index in [1.54, 1.807) is 24.3 Å². The number of benzene rings is 1. The number of nitrogens with zero attached hydrogens (tertiary/aromatic N) is 1. The predicted molar refractivity (Wildman–Crippen MR) is 76.8 cm³/mol. The van der Waals surface area contributed by atoms with Crippen molar-refractivity contribution in [2.24, 2.45) is 5.92 Å². The van der Waals surface area contributed by atoms with Crippen LogP contribution in [-0.2, 0) is 9.59 Å². The lowest BCUT2D eigenvalue weighted by molar-refractivity contribution is -0.141. The van der Waals surface area contributed by atoms with Crippen molar-refractivity contribution in [2.45, 2.75) is 31.7 Å². The summed E-state index contributed by atoms with van der Waals surface area (Å²) in [6.07, 6.45) is 1.56. The third-order valence-corrected chi connectivity index (χ3v) is 4.47. The number of hydrogen-bond donors (Lipinski definition) is 1. The molecule has 0 radical (unpaired) electrons. The maximum atomic E-state index is 12.6. The van der Waals surface area contributed by atoms with Gasteiger partial charge in [0.05, 0.1) is 0 Å². The van der Waals surface area contributed by atoms with E-state index in [0.29, 0.717) is 16.5 Å². The number of nitrogens with one attached hydrogen (secondary N) is 1. The minimum atomic E-state index is -1.05. The summed E-state index contributed by atoms with van der Waals surface area (Å²) in [5, 5.41) is 2.62. The first-order chi connectivity index (χ1) is 9.99. The number of amides is 4. The van der Waals surface area contributed by atoms with E-state index >= 15 is 0 Å². The van der Waals surface area contributed by atoms with Crippen LogP contribution in [0.4, 0.5) is 4.79 Å². The van der Waals surface area contributed by atoms with Gasteiger partial charge < -0.3 is 0 Å². The van der Waals surface area contributed by atoms with Gasteiger partial charge in [-0.15, -0.1) is 0 Å².